The van der Waals surface area contributed by atoms with Crippen LogP contribution < -0.4 is 10.2 Å². The normalized spacial score (nSPS) is 15.7. The van der Waals surface area contributed by atoms with Gasteiger partial charge in [0, 0.05) is 31.7 Å². The molecule has 1 aromatic rings. The third-order valence-electron chi connectivity index (χ3n) is 3.80. The summed E-state index contributed by atoms with van der Waals surface area (Å²) < 4.78 is 35.9. The van der Waals surface area contributed by atoms with E-state index in [4.69, 9.17) is 0 Å². The van der Waals surface area contributed by atoms with Crippen LogP contribution in [0, 0.1) is 0 Å². The lowest BCUT2D eigenvalue weighted by atomic mass is 10.2. The molecular weight excluding hydrogens is 277 g/mol. The summed E-state index contributed by atoms with van der Waals surface area (Å²) in [5.74, 6) is 0. The van der Waals surface area contributed by atoms with E-state index in [1.807, 2.05) is 0 Å². The molecule has 1 aliphatic heterocycles. The average molecular weight is 300 g/mol. The van der Waals surface area contributed by atoms with Crippen molar-refractivity contribution in [1.29, 1.82) is 0 Å². The number of nitrogens with zero attached hydrogens (tertiary/aromatic N) is 1. The first-order chi connectivity index (χ1) is 10.0. The van der Waals surface area contributed by atoms with Crippen LogP contribution in [0.3, 0.4) is 0 Å². The predicted molar refractivity (Wildman–Crippen MR) is 79.5 cm³/mol. The summed E-state index contributed by atoms with van der Waals surface area (Å²) in [6.07, 6.45) is -1.41. The number of unbranched alkanes of at least 4 members (excludes halogenated alkanes) is 1. The van der Waals surface area contributed by atoms with Gasteiger partial charge in [-0.3, -0.25) is 0 Å². The minimum atomic E-state index is -4.02. The molecule has 0 saturated carbocycles. The molecule has 1 N–H and O–H groups in total. The van der Waals surface area contributed by atoms with Gasteiger partial charge in [-0.05, 0) is 49.9 Å². The molecule has 1 fully saturated rings. The predicted octanol–water partition coefficient (Wildman–Crippen LogP) is 4.11. The standard InChI is InChI=1S/C16H23F3N2/c17-16(18,19)9-1-2-10-20-13-14-5-7-15(8-6-14)21-11-3-4-12-21/h5-8,20H,1-4,9-13H2. The third-order valence-corrected chi connectivity index (χ3v) is 3.80. The van der Waals surface area contributed by atoms with Gasteiger partial charge in [0.25, 0.3) is 0 Å². The lowest BCUT2D eigenvalue weighted by Crippen LogP contribution is -2.18. The van der Waals surface area contributed by atoms with Crippen molar-refractivity contribution in [2.75, 3.05) is 24.5 Å². The van der Waals surface area contributed by atoms with Crippen molar-refractivity contribution in [2.45, 2.75) is 44.8 Å². The van der Waals surface area contributed by atoms with Gasteiger partial charge in [-0.15, -0.1) is 0 Å². The van der Waals surface area contributed by atoms with Gasteiger partial charge in [0.15, 0.2) is 0 Å². The number of hydrogen-bond acceptors (Lipinski definition) is 2. The van der Waals surface area contributed by atoms with E-state index in [1.165, 1.54) is 24.1 Å². The van der Waals surface area contributed by atoms with E-state index in [0.29, 0.717) is 19.5 Å². The molecule has 5 heteroatoms. The van der Waals surface area contributed by atoms with Gasteiger partial charge in [0.05, 0.1) is 0 Å². The highest BCUT2D eigenvalue weighted by Gasteiger charge is 2.25. The number of benzene rings is 1. The highest BCUT2D eigenvalue weighted by Crippen LogP contribution is 2.22. The van der Waals surface area contributed by atoms with Gasteiger partial charge in [-0.1, -0.05) is 12.1 Å². The fourth-order valence-corrected chi connectivity index (χ4v) is 2.61. The lowest BCUT2D eigenvalue weighted by molar-refractivity contribution is -0.135. The van der Waals surface area contributed by atoms with Crippen molar-refractivity contribution in [3.05, 3.63) is 29.8 Å². The number of hydrogen-bond donors (Lipinski definition) is 1. The molecule has 1 heterocycles. The topological polar surface area (TPSA) is 15.3 Å². The molecule has 118 valence electrons. The first-order valence-corrected chi connectivity index (χ1v) is 7.66. The largest absolute Gasteiger partial charge is 0.389 e. The maximum absolute atomic E-state index is 12.0. The summed E-state index contributed by atoms with van der Waals surface area (Å²) in [7, 11) is 0. The summed E-state index contributed by atoms with van der Waals surface area (Å²) in [5, 5.41) is 3.20. The van der Waals surface area contributed by atoms with Crippen LogP contribution in [0.5, 0.6) is 0 Å². The second kappa shape index (κ2) is 7.69. The number of nitrogens with one attached hydrogen (secondary N) is 1. The highest BCUT2D eigenvalue weighted by atomic mass is 19.4. The van der Waals surface area contributed by atoms with Crippen LogP contribution in [0.1, 0.15) is 37.7 Å². The van der Waals surface area contributed by atoms with E-state index in [1.54, 1.807) is 0 Å². The van der Waals surface area contributed by atoms with Gasteiger partial charge in [0.1, 0.15) is 0 Å². The first kappa shape index (κ1) is 16.1. The van der Waals surface area contributed by atoms with Crippen molar-refractivity contribution in [2.24, 2.45) is 0 Å². The van der Waals surface area contributed by atoms with Crippen LogP contribution in [-0.2, 0) is 6.54 Å². The summed E-state index contributed by atoms with van der Waals surface area (Å²) in [4.78, 5) is 2.38. The van der Waals surface area contributed by atoms with E-state index >= 15 is 0 Å². The Bertz CT molecular complexity index is 409. The van der Waals surface area contributed by atoms with Crippen LogP contribution in [-0.4, -0.2) is 25.8 Å². The lowest BCUT2D eigenvalue weighted by Gasteiger charge is -2.17. The van der Waals surface area contributed by atoms with Crippen LogP contribution in [0.4, 0.5) is 18.9 Å². The van der Waals surface area contributed by atoms with E-state index in [9.17, 15) is 13.2 Å². The molecule has 2 rings (SSSR count). The van der Waals surface area contributed by atoms with E-state index in [-0.39, 0.29) is 6.42 Å². The SMILES string of the molecule is FC(F)(F)CCCCNCc1ccc(N2CCCC2)cc1. The summed E-state index contributed by atoms with van der Waals surface area (Å²) in [5.41, 5.74) is 2.44. The Morgan fingerprint density at radius 2 is 1.67 bits per heavy atom. The molecule has 0 aliphatic carbocycles. The maximum atomic E-state index is 12.0. The van der Waals surface area contributed by atoms with Crippen LogP contribution in [0.15, 0.2) is 24.3 Å². The molecule has 2 nitrogen and oxygen atoms in total. The third kappa shape index (κ3) is 5.96. The molecule has 1 aromatic carbocycles. The first-order valence-electron chi connectivity index (χ1n) is 7.66. The zero-order valence-electron chi connectivity index (χ0n) is 12.3. The zero-order valence-corrected chi connectivity index (χ0v) is 12.3. The van der Waals surface area contributed by atoms with E-state index in [0.717, 1.165) is 13.1 Å². The molecule has 0 unspecified atom stereocenters. The molecule has 0 radical (unpaired) electrons. The second-order valence-electron chi connectivity index (χ2n) is 5.61. The van der Waals surface area contributed by atoms with Crippen molar-refractivity contribution in [3.8, 4) is 0 Å². The Balaban J connectivity index is 1.62. The molecule has 21 heavy (non-hydrogen) atoms. The van der Waals surface area contributed by atoms with Crippen molar-refractivity contribution in [3.63, 3.8) is 0 Å². The van der Waals surface area contributed by atoms with Gasteiger partial charge in [-0.2, -0.15) is 13.2 Å². The van der Waals surface area contributed by atoms with Gasteiger partial charge >= 0.3 is 6.18 Å². The monoisotopic (exact) mass is 300 g/mol. The Labute approximate surface area is 124 Å². The van der Waals surface area contributed by atoms with Crippen LogP contribution in [0.25, 0.3) is 0 Å². The molecule has 0 bridgehead atoms. The highest BCUT2D eigenvalue weighted by molar-refractivity contribution is 5.48. The fourth-order valence-electron chi connectivity index (χ4n) is 2.61. The average Bonchev–Trinajstić information content (AvgIpc) is 2.96. The smallest absolute Gasteiger partial charge is 0.372 e. The summed E-state index contributed by atoms with van der Waals surface area (Å²) in [6.45, 7) is 3.61. The van der Waals surface area contributed by atoms with E-state index in [2.05, 4.69) is 34.5 Å². The molecule has 1 aliphatic rings. The number of alkyl halides is 3. The molecule has 0 amide bonds. The second-order valence-corrected chi connectivity index (χ2v) is 5.61. The van der Waals surface area contributed by atoms with Gasteiger partial charge < -0.3 is 10.2 Å². The molecule has 0 aromatic heterocycles. The van der Waals surface area contributed by atoms with Gasteiger partial charge in [0.2, 0.25) is 0 Å². The number of halogens is 3. The zero-order chi connectivity index (χ0) is 15.1. The number of anilines is 1. The van der Waals surface area contributed by atoms with Crippen molar-refractivity contribution in [1.82, 2.24) is 5.32 Å². The maximum Gasteiger partial charge on any atom is 0.389 e. The minimum absolute atomic E-state index is 0.199. The van der Waals surface area contributed by atoms with Crippen molar-refractivity contribution >= 4 is 5.69 Å². The summed E-state index contributed by atoms with van der Waals surface area (Å²) in [6, 6.07) is 8.45. The number of rotatable bonds is 7. The van der Waals surface area contributed by atoms with Crippen LogP contribution >= 0.6 is 0 Å². The van der Waals surface area contributed by atoms with E-state index < -0.39 is 12.6 Å². The Hall–Kier alpha value is -1.23. The Morgan fingerprint density at radius 1 is 1.00 bits per heavy atom. The molecule has 1 saturated heterocycles. The quantitative estimate of drug-likeness (QED) is 0.762. The Morgan fingerprint density at radius 3 is 2.29 bits per heavy atom. The molecule has 0 atom stereocenters. The minimum Gasteiger partial charge on any atom is -0.372 e. The van der Waals surface area contributed by atoms with Crippen molar-refractivity contribution < 1.29 is 13.2 Å². The summed E-state index contributed by atoms with van der Waals surface area (Å²) >= 11 is 0. The van der Waals surface area contributed by atoms with Gasteiger partial charge in [-0.25, -0.2) is 0 Å². The molecule has 0 spiro atoms. The molecular formula is C16H23F3N2. The van der Waals surface area contributed by atoms with Crippen LogP contribution in [0.2, 0.25) is 0 Å². The fraction of sp³-hybridized carbons (Fsp3) is 0.625. The Kier molecular flexibility index (Phi) is 5.91.